The van der Waals surface area contributed by atoms with Crippen molar-refractivity contribution in [1.29, 1.82) is 0 Å². The average molecular weight is 430 g/mol. The molecule has 4 rings (SSSR count). The van der Waals surface area contributed by atoms with Gasteiger partial charge in [0.15, 0.2) is 5.16 Å². The molecule has 2 aromatic heterocycles. The molecule has 1 aliphatic rings. The standard InChI is InChI=1S/C21H23N3O3S2/c1-12-6-5-7-16(13(12)2)24-19(25)17-14(3)15(4)29-18(17)22-20(24)28-11-9-23-8-10-27-21(23)26/h5-7H,8-11H2,1-4H3. The smallest absolute Gasteiger partial charge is 0.409 e. The lowest BCUT2D eigenvalue weighted by Gasteiger charge is -2.17. The highest BCUT2D eigenvalue weighted by atomic mass is 32.2. The molecule has 1 aliphatic heterocycles. The highest BCUT2D eigenvalue weighted by molar-refractivity contribution is 7.99. The number of ether oxygens (including phenoxy) is 1. The molecule has 1 saturated heterocycles. The Hall–Kier alpha value is -2.32. The Morgan fingerprint density at radius 1 is 1.17 bits per heavy atom. The first-order chi connectivity index (χ1) is 13.9. The molecule has 0 saturated carbocycles. The number of carbonyl (C=O) groups is 1. The predicted molar refractivity (Wildman–Crippen MR) is 118 cm³/mol. The molecule has 8 heteroatoms. The maximum Gasteiger partial charge on any atom is 0.409 e. The van der Waals surface area contributed by atoms with Gasteiger partial charge < -0.3 is 9.64 Å². The number of nitrogens with zero attached hydrogens (tertiary/aromatic N) is 3. The first-order valence-electron chi connectivity index (χ1n) is 9.52. The minimum atomic E-state index is -0.273. The zero-order chi connectivity index (χ0) is 20.7. The number of benzene rings is 1. The van der Waals surface area contributed by atoms with E-state index in [1.807, 2.05) is 45.9 Å². The number of hydrogen-bond donors (Lipinski definition) is 0. The van der Waals surface area contributed by atoms with Crippen LogP contribution < -0.4 is 5.56 Å². The van der Waals surface area contributed by atoms with Crippen molar-refractivity contribution in [1.82, 2.24) is 14.5 Å². The van der Waals surface area contributed by atoms with Gasteiger partial charge in [0.25, 0.3) is 5.56 Å². The summed E-state index contributed by atoms with van der Waals surface area (Å²) in [5, 5.41) is 1.35. The summed E-state index contributed by atoms with van der Waals surface area (Å²) in [6, 6.07) is 5.98. The van der Waals surface area contributed by atoms with Crippen molar-refractivity contribution in [2.75, 3.05) is 25.4 Å². The average Bonchev–Trinajstić information content (AvgIpc) is 3.21. The molecule has 0 unspecified atom stereocenters. The van der Waals surface area contributed by atoms with Crippen LogP contribution in [-0.2, 0) is 4.74 Å². The quantitative estimate of drug-likeness (QED) is 0.449. The molecule has 29 heavy (non-hydrogen) atoms. The Labute approximate surface area is 177 Å². The first-order valence-corrected chi connectivity index (χ1v) is 11.3. The van der Waals surface area contributed by atoms with Crippen LogP contribution in [0.25, 0.3) is 15.9 Å². The van der Waals surface area contributed by atoms with Crippen LogP contribution in [0, 0.1) is 27.7 Å². The summed E-state index contributed by atoms with van der Waals surface area (Å²) < 4.78 is 6.72. The number of amides is 1. The summed E-state index contributed by atoms with van der Waals surface area (Å²) in [5.41, 5.74) is 4.01. The second kappa shape index (κ2) is 7.84. The Balaban J connectivity index is 1.80. The van der Waals surface area contributed by atoms with Crippen molar-refractivity contribution in [3.8, 4) is 5.69 Å². The van der Waals surface area contributed by atoms with E-state index < -0.39 is 0 Å². The minimum absolute atomic E-state index is 0.0337. The Morgan fingerprint density at radius 2 is 1.97 bits per heavy atom. The monoisotopic (exact) mass is 429 g/mol. The summed E-state index contributed by atoms with van der Waals surface area (Å²) in [6.07, 6.45) is -0.273. The summed E-state index contributed by atoms with van der Waals surface area (Å²) >= 11 is 3.05. The van der Waals surface area contributed by atoms with E-state index in [1.165, 1.54) is 11.8 Å². The number of cyclic esters (lactones) is 1. The second-order valence-corrected chi connectivity index (χ2v) is 9.43. The van der Waals surface area contributed by atoms with Crippen molar-refractivity contribution in [2.24, 2.45) is 0 Å². The zero-order valence-electron chi connectivity index (χ0n) is 16.9. The van der Waals surface area contributed by atoms with Crippen molar-refractivity contribution < 1.29 is 9.53 Å². The van der Waals surface area contributed by atoms with E-state index in [2.05, 4.69) is 0 Å². The fourth-order valence-corrected chi connectivity index (χ4v) is 5.48. The molecule has 6 nitrogen and oxygen atoms in total. The third kappa shape index (κ3) is 3.55. The number of rotatable bonds is 5. The number of thioether (sulfide) groups is 1. The largest absolute Gasteiger partial charge is 0.448 e. The van der Waals surface area contributed by atoms with Crippen LogP contribution in [-0.4, -0.2) is 46.0 Å². The third-order valence-corrected chi connectivity index (χ3v) is 7.45. The Morgan fingerprint density at radius 3 is 2.69 bits per heavy atom. The first kappa shape index (κ1) is 20.0. The number of aromatic nitrogens is 2. The van der Waals surface area contributed by atoms with E-state index in [4.69, 9.17) is 9.72 Å². The Bertz CT molecular complexity index is 1170. The van der Waals surface area contributed by atoms with Crippen LogP contribution in [0.3, 0.4) is 0 Å². The van der Waals surface area contributed by atoms with Gasteiger partial charge >= 0.3 is 6.09 Å². The van der Waals surface area contributed by atoms with E-state index >= 15 is 0 Å². The normalized spacial score (nSPS) is 14.1. The van der Waals surface area contributed by atoms with Gasteiger partial charge in [0.2, 0.25) is 0 Å². The van der Waals surface area contributed by atoms with Crippen LogP contribution in [0.5, 0.6) is 0 Å². The van der Waals surface area contributed by atoms with Gasteiger partial charge in [0.1, 0.15) is 11.4 Å². The molecule has 0 bridgehead atoms. The molecule has 1 aromatic carbocycles. The fourth-order valence-electron chi connectivity index (χ4n) is 3.44. The van der Waals surface area contributed by atoms with Crippen LogP contribution in [0.15, 0.2) is 28.2 Å². The van der Waals surface area contributed by atoms with Gasteiger partial charge in [-0.2, -0.15) is 0 Å². The van der Waals surface area contributed by atoms with Crippen LogP contribution >= 0.6 is 23.1 Å². The Kier molecular flexibility index (Phi) is 5.40. The van der Waals surface area contributed by atoms with Gasteiger partial charge in [-0.15, -0.1) is 11.3 Å². The van der Waals surface area contributed by atoms with E-state index in [1.54, 1.807) is 20.8 Å². The zero-order valence-corrected chi connectivity index (χ0v) is 18.6. The molecule has 3 aromatic rings. The maximum atomic E-state index is 13.6. The number of aryl methyl sites for hydroxylation is 3. The summed E-state index contributed by atoms with van der Waals surface area (Å²) in [5.74, 6) is 0.640. The molecule has 0 atom stereocenters. The van der Waals surface area contributed by atoms with Gasteiger partial charge in [-0.3, -0.25) is 9.36 Å². The number of carbonyl (C=O) groups excluding carboxylic acids is 1. The summed E-state index contributed by atoms with van der Waals surface area (Å²) in [6.45, 7) is 9.69. The molecule has 0 aliphatic carbocycles. The van der Waals surface area contributed by atoms with E-state index in [0.717, 1.165) is 32.1 Å². The predicted octanol–water partition coefficient (Wildman–Crippen LogP) is 4.23. The minimum Gasteiger partial charge on any atom is -0.448 e. The molecule has 1 amide bonds. The van der Waals surface area contributed by atoms with Gasteiger partial charge in [0.05, 0.1) is 17.6 Å². The number of thiophene rings is 1. The van der Waals surface area contributed by atoms with Gasteiger partial charge in [-0.05, 0) is 50.5 Å². The number of fused-ring (bicyclic) bond motifs is 1. The lowest BCUT2D eigenvalue weighted by atomic mass is 10.1. The molecule has 1 fully saturated rings. The van der Waals surface area contributed by atoms with Crippen molar-refractivity contribution in [3.63, 3.8) is 0 Å². The SMILES string of the molecule is Cc1cccc(-n2c(SCCN3CCOC3=O)nc3sc(C)c(C)c3c2=O)c1C. The molecule has 152 valence electrons. The summed E-state index contributed by atoms with van der Waals surface area (Å²) in [4.78, 5) is 33.7. The second-order valence-electron chi connectivity index (χ2n) is 7.17. The number of hydrogen-bond acceptors (Lipinski definition) is 6. The molecular weight excluding hydrogens is 406 g/mol. The molecular formula is C21H23N3O3S2. The van der Waals surface area contributed by atoms with Gasteiger partial charge in [-0.25, -0.2) is 9.78 Å². The maximum absolute atomic E-state index is 13.6. The molecule has 0 N–H and O–H groups in total. The topological polar surface area (TPSA) is 64.4 Å². The highest BCUT2D eigenvalue weighted by Gasteiger charge is 2.23. The van der Waals surface area contributed by atoms with Crippen molar-refractivity contribution in [3.05, 3.63) is 50.1 Å². The molecule has 3 heterocycles. The van der Waals surface area contributed by atoms with Crippen LogP contribution in [0.2, 0.25) is 0 Å². The van der Waals surface area contributed by atoms with Crippen LogP contribution in [0.4, 0.5) is 4.79 Å². The lowest BCUT2D eigenvalue weighted by molar-refractivity contribution is 0.160. The van der Waals surface area contributed by atoms with E-state index in [0.29, 0.717) is 36.0 Å². The lowest BCUT2D eigenvalue weighted by Crippen LogP contribution is -2.27. The van der Waals surface area contributed by atoms with Gasteiger partial charge in [-0.1, -0.05) is 23.9 Å². The molecule has 0 spiro atoms. The molecule has 0 radical (unpaired) electrons. The highest BCUT2D eigenvalue weighted by Crippen LogP contribution is 2.30. The van der Waals surface area contributed by atoms with Gasteiger partial charge in [0, 0.05) is 17.2 Å². The third-order valence-electron chi connectivity index (χ3n) is 5.43. The van der Waals surface area contributed by atoms with Crippen LogP contribution in [0.1, 0.15) is 21.6 Å². The summed E-state index contributed by atoms with van der Waals surface area (Å²) in [7, 11) is 0. The fraction of sp³-hybridized carbons (Fsp3) is 0.381. The van der Waals surface area contributed by atoms with Crippen molar-refractivity contribution in [2.45, 2.75) is 32.9 Å². The van der Waals surface area contributed by atoms with E-state index in [9.17, 15) is 9.59 Å². The van der Waals surface area contributed by atoms with E-state index in [-0.39, 0.29) is 11.7 Å². The van der Waals surface area contributed by atoms with Crippen molar-refractivity contribution >= 4 is 39.4 Å².